The monoisotopic (exact) mass is 416 g/mol. The van der Waals surface area contributed by atoms with Crippen LogP contribution in [-0.2, 0) is 5.60 Å². The molecule has 4 N–H and O–H groups in total. The second-order valence-corrected chi connectivity index (χ2v) is 8.24. The number of hydrogen-bond donors (Lipinski definition) is 4. The van der Waals surface area contributed by atoms with Gasteiger partial charge in [0.2, 0.25) is 0 Å². The normalized spacial score (nSPS) is 18.8. The lowest BCUT2D eigenvalue weighted by Crippen LogP contribution is -2.45. The van der Waals surface area contributed by atoms with E-state index in [9.17, 15) is 9.90 Å². The Morgan fingerprint density at radius 3 is 2.79 bits per heavy atom. The van der Waals surface area contributed by atoms with Crippen molar-refractivity contribution in [3.63, 3.8) is 0 Å². The van der Waals surface area contributed by atoms with Gasteiger partial charge in [-0.2, -0.15) is 0 Å². The van der Waals surface area contributed by atoms with Crippen LogP contribution in [0.2, 0.25) is 5.02 Å². The lowest BCUT2D eigenvalue weighted by Gasteiger charge is -2.40. The summed E-state index contributed by atoms with van der Waals surface area (Å²) in [6, 6.07) is 13.8. The number of carbonyl (C=O) groups is 1. The topological polar surface area (TPSA) is 81.6 Å². The highest BCUT2D eigenvalue weighted by atomic mass is 35.5. The van der Waals surface area contributed by atoms with Crippen molar-refractivity contribution >= 4 is 17.7 Å². The molecule has 2 aromatic carbocycles. The van der Waals surface area contributed by atoms with Crippen molar-refractivity contribution in [3.8, 4) is 11.1 Å². The molecule has 0 unspecified atom stereocenters. The van der Waals surface area contributed by atoms with Gasteiger partial charge in [0.15, 0.2) is 0 Å². The van der Waals surface area contributed by atoms with Crippen LogP contribution in [0.15, 0.2) is 42.5 Å². The SMILES string of the molecule is Cc1cccc(-c2c(Cl)cccc2[C@](O)(CCCNC(=O)O)[C@@H]2CCCNC2)c1. The van der Waals surface area contributed by atoms with Gasteiger partial charge in [-0.05, 0) is 56.3 Å². The molecule has 0 aromatic heterocycles. The molecule has 1 fully saturated rings. The second-order valence-electron chi connectivity index (χ2n) is 7.83. The number of aryl methyl sites for hydroxylation is 1. The van der Waals surface area contributed by atoms with Crippen molar-refractivity contribution in [1.29, 1.82) is 0 Å². The third-order valence-corrected chi connectivity index (χ3v) is 6.08. The van der Waals surface area contributed by atoms with Crippen LogP contribution < -0.4 is 10.6 Å². The molecule has 29 heavy (non-hydrogen) atoms. The number of amides is 1. The molecule has 6 heteroatoms. The van der Waals surface area contributed by atoms with Gasteiger partial charge in [0, 0.05) is 29.6 Å². The fraction of sp³-hybridized carbons (Fsp3) is 0.435. The van der Waals surface area contributed by atoms with Crippen LogP contribution >= 0.6 is 11.6 Å². The Kier molecular flexibility index (Phi) is 7.17. The van der Waals surface area contributed by atoms with Crippen LogP contribution in [0.1, 0.15) is 36.8 Å². The number of benzene rings is 2. The van der Waals surface area contributed by atoms with Gasteiger partial charge in [0.25, 0.3) is 0 Å². The van der Waals surface area contributed by atoms with Crippen molar-refractivity contribution in [1.82, 2.24) is 10.6 Å². The van der Waals surface area contributed by atoms with E-state index in [4.69, 9.17) is 16.7 Å². The molecular formula is C23H29ClN2O3. The van der Waals surface area contributed by atoms with Crippen LogP contribution in [-0.4, -0.2) is 35.9 Å². The first-order valence-electron chi connectivity index (χ1n) is 10.2. The van der Waals surface area contributed by atoms with E-state index < -0.39 is 11.7 Å². The Morgan fingerprint density at radius 1 is 1.31 bits per heavy atom. The molecule has 5 nitrogen and oxygen atoms in total. The molecular weight excluding hydrogens is 388 g/mol. The van der Waals surface area contributed by atoms with E-state index >= 15 is 0 Å². The van der Waals surface area contributed by atoms with Crippen molar-refractivity contribution in [2.24, 2.45) is 5.92 Å². The minimum absolute atomic E-state index is 0.0307. The van der Waals surface area contributed by atoms with Gasteiger partial charge >= 0.3 is 6.09 Å². The van der Waals surface area contributed by atoms with Gasteiger partial charge in [-0.3, -0.25) is 0 Å². The first-order valence-corrected chi connectivity index (χ1v) is 10.6. The first-order chi connectivity index (χ1) is 13.9. The summed E-state index contributed by atoms with van der Waals surface area (Å²) in [6.07, 6.45) is 1.87. The summed E-state index contributed by atoms with van der Waals surface area (Å²) in [4.78, 5) is 10.8. The molecule has 0 radical (unpaired) electrons. The van der Waals surface area contributed by atoms with E-state index in [0.717, 1.165) is 48.2 Å². The molecule has 1 heterocycles. The Morgan fingerprint density at radius 2 is 2.10 bits per heavy atom. The van der Waals surface area contributed by atoms with E-state index in [1.807, 2.05) is 43.3 Å². The van der Waals surface area contributed by atoms with E-state index in [-0.39, 0.29) is 5.92 Å². The van der Waals surface area contributed by atoms with E-state index in [1.54, 1.807) is 0 Å². The fourth-order valence-corrected chi connectivity index (χ4v) is 4.63. The van der Waals surface area contributed by atoms with E-state index in [2.05, 4.69) is 16.7 Å². The fourth-order valence-electron chi connectivity index (χ4n) is 4.35. The Labute approximate surface area is 177 Å². The summed E-state index contributed by atoms with van der Waals surface area (Å²) < 4.78 is 0. The zero-order valence-electron chi connectivity index (χ0n) is 16.7. The van der Waals surface area contributed by atoms with E-state index in [1.165, 1.54) is 0 Å². The molecule has 2 atom stereocenters. The average molecular weight is 417 g/mol. The average Bonchev–Trinajstić information content (AvgIpc) is 2.71. The maximum absolute atomic E-state index is 12.0. The predicted molar refractivity (Wildman–Crippen MR) is 116 cm³/mol. The molecule has 1 aliphatic heterocycles. The zero-order chi connectivity index (χ0) is 20.9. The van der Waals surface area contributed by atoms with Crippen LogP contribution in [0, 0.1) is 12.8 Å². The number of halogens is 1. The minimum atomic E-state index is -1.10. The number of hydrogen-bond acceptors (Lipinski definition) is 3. The van der Waals surface area contributed by atoms with Gasteiger partial charge < -0.3 is 20.8 Å². The number of nitrogens with one attached hydrogen (secondary N) is 2. The lowest BCUT2D eigenvalue weighted by atomic mass is 9.72. The second kappa shape index (κ2) is 9.61. The molecule has 0 bridgehead atoms. The van der Waals surface area contributed by atoms with Crippen LogP contribution in [0.4, 0.5) is 4.79 Å². The van der Waals surface area contributed by atoms with Crippen molar-refractivity contribution in [3.05, 3.63) is 58.6 Å². The molecule has 2 aromatic rings. The van der Waals surface area contributed by atoms with Crippen LogP contribution in [0.3, 0.4) is 0 Å². The third kappa shape index (κ3) is 5.10. The maximum atomic E-state index is 12.0. The highest BCUT2D eigenvalue weighted by Gasteiger charge is 2.40. The first kappa shape index (κ1) is 21.6. The molecule has 0 spiro atoms. The molecule has 0 aliphatic carbocycles. The number of carboxylic acid groups (broad SMARTS) is 1. The molecule has 1 aliphatic rings. The largest absolute Gasteiger partial charge is 0.465 e. The minimum Gasteiger partial charge on any atom is -0.465 e. The molecule has 1 saturated heterocycles. The summed E-state index contributed by atoms with van der Waals surface area (Å²) in [5, 5.41) is 27.3. The quantitative estimate of drug-likeness (QED) is 0.499. The standard InChI is InChI=1S/C23H29ClN2O3/c1-16-6-2-7-17(14-16)21-19(9-3-10-20(21)24)23(29,11-5-13-26-22(27)28)18-8-4-12-25-15-18/h2-3,6-7,9-10,14,18,25-26,29H,4-5,8,11-13,15H2,1H3,(H,27,28)/t18-,23+/m1/s1. The van der Waals surface area contributed by atoms with Gasteiger partial charge in [-0.15, -0.1) is 0 Å². The predicted octanol–water partition coefficient (Wildman–Crippen LogP) is 4.55. The number of aliphatic hydroxyl groups is 1. The maximum Gasteiger partial charge on any atom is 0.404 e. The van der Waals surface area contributed by atoms with Crippen molar-refractivity contribution in [2.45, 2.75) is 38.2 Å². The Balaban J connectivity index is 2.03. The van der Waals surface area contributed by atoms with Gasteiger partial charge in [-0.25, -0.2) is 4.79 Å². The van der Waals surface area contributed by atoms with Crippen molar-refractivity contribution in [2.75, 3.05) is 19.6 Å². The van der Waals surface area contributed by atoms with Crippen LogP contribution in [0.5, 0.6) is 0 Å². The summed E-state index contributed by atoms with van der Waals surface area (Å²) in [7, 11) is 0. The molecule has 3 rings (SSSR count). The summed E-state index contributed by atoms with van der Waals surface area (Å²) in [5.74, 6) is 0.0307. The van der Waals surface area contributed by atoms with E-state index in [0.29, 0.717) is 24.4 Å². The molecule has 156 valence electrons. The Bertz CT molecular complexity index is 852. The Hall–Kier alpha value is -2.08. The lowest BCUT2D eigenvalue weighted by molar-refractivity contribution is -0.0415. The highest BCUT2D eigenvalue weighted by molar-refractivity contribution is 6.33. The number of piperidine rings is 1. The highest BCUT2D eigenvalue weighted by Crippen LogP contribution is 2.44. The van der Waals surface area contributed by atoms with Crippen LogP contribution in [0.25, 0.3) is 11.1 Å². The third-order valence-electron chi connectivity index (χ3n) is 5.77. The van der Waals surface area contributed by atoms with Crippen molar-refractivity contribution < 1.29 is 15.0 Å². The number of rotatable bonds is 7. The van der Waals surface area contributed by atoms with Gasteiger partial charge in [-0.1, -0.05) is 53.6 Å². The van der Waals surface area contributed by atoms with Gasteiger partial charge in [0.05, 0.1) is 5.60 Å². The smallest absolute Gasteiger partial charge is 0.404 e. The summed E-state index contributed by atoms with van der Waals surface area (Å²) in [5.41, 5.74) is 2.69. The summed E-state index contributed by atoms with van der Waals surface area (Å²) in [6.45, 7) is 4.02. The summed E-state index contributed by atoms with van der Waals surface area (Å²) >= 11 is 6.65. The molecule has 0 saturated carbocycles. The zero-order valence-corrected chi connectivity index (χ0v) is 17.5. The molecule has 1 amide bonds. The van der Waals surface area contributed by atoms with Gasteiger partial charge in [0.1, 0.15) is 0 Å².